The van der Waals surface area contributed by atoms with E-state index < -0.39 is 0 Å². The van der Waals surface area contributed by atoms with Gasteiger partial charge in [0, 0.05) is 31.7 Å². The third kappa shape index (κ3) is 4.68. The minimum absolute atomic E-state index is 0.0168. The Morgan fingerprint density at radius 3 is 2.59 bits per heavy atom. The Bertz CT molecular complexity index is 627. The van der Waals surface area contributed by atoms with Gasteiger partial charge in [0.2, 0.25) is 5.91 Å². The van der Waals surface area contributed by atoms with Crippen LogP contribution in [0.3, 0.4) is 0 Å². The molecule has 0 unspecified atom stereocenters. The number of benzene rings is 1. The van der Waals surface area contributed by atoms with Gasteiger partial charge < -0.3 is 15.4 Å². The molecule has 0 fully saturated rings. The minimum atomic E-state index is -0.208. The molecule has 114 valence electrons. The van der Waals surface area contributed by atoms with Gasteiger partial charge in [0.15, 0.2) is 0 Å². The molecule has 6 heteroatoms. The molecule has 0 aliphatic carbocycles. The maximum absolute atomic E-state index is 11.9. The molecule has 2 amide bonds. The largest absolute Gasteiger partial charge is 0.375 e. The van der Waals surface area contributed by atoms with Gasteiger partial charge >= 0.3 is 0 Å². The van der Waals surface area contributed by atoms with Gasteiger partial charge in [0.25, 0.3) is 5.91 Å². The Morgan fingerprint density at radius 1 is 1.18 bits per heavy atom. The summed E-state index contributed by atoms with van der Waals surface area (Å²) in [5, 5.41) is 5.51. The average molecular weight is 299 g/mol. The molecule has 6 nitrogen and oxygen atoms in total. The van der Waals surface area contributed by atoms with Crippen molar-refractivity contribution in [2.24, 2.45) is 0 Å². The highest BCUT2D eigenvalue weighted by Crippen LogP contribution is 2.09. The second-order valence-electron chi connectivity index (χ2n) is 4.60. The highest BCUT2D eigenvalue weighted by atomic mass is 16.5. The summed E-state index contributed by atoms with van der Waals surface area (Å²) in [5.74, 6) is -0.384. The minimum Gasteiger partial charge on any atom is -0.375 e. The van der Waals surface area contributed by atoms with Crippen LogP contribution in [0.15, 0.2) is 48.8 Å². The van der Waals surface area contributed by atoms with Crippen molar-refractivity contribution in [3.05, 3.63) is 59.9 Å². The van der Waals surface area contributed by atoms with Gasteiger partial charge in [0.1, 0.15) is 6.61 Å². The van der Waals surface area contributed by atoms with Crippen molar-refractivity contribution in [3.63, 3.8) is 0 Å². The summed E-state index contributed by atoms with van der Waals surface area (Å²) >= 11 is 0. The summed E-state index contributed by atoms with van der Waals surface area (Å²) in [5.41, 5.74) is 2.14. The lowest BCUT2D eigenvalue weighted by Crippen LogP contribution is -2.22. The van der Waals surface area contributed by atoms with Crippen LogP contribution >= 0.6 is 0 Å². The van der Waals surface area contributed by atoms with Crippen molar-refractivity contribution in [3.8, 4) is 0 Å². The molecular formula is C16H17N3O3. The first-order valence-corrected chi connectivity index (χ1v) is 6.75. The van der Waals surface area contributed by atoms with E-state index in [0.29, 0.717) is 17.8 Å². The number of nitrogens with zero attached hydrogens (tertiary/aromatic N) is 1. The summed E-state index contributed by atoms with van der Waals surface area (Å²) in [4.78, 5) is 27.2. The number of anilines is 1. The fraction of sp³-hybridized carbons (Fsp3) is 0.188. The Labute approximate surface area is 128 Å². The molecule has 1 aromatic heterocycles. The van der Waals surface area contributed by atoms with Crippen molar-refractivity contribution in [1.29, 1.82) is 0 Å². The number of rotatable bonds is 6. The van der Waals surface area contributed by atoms with E-state index in [-0.39, 0.29) is 18.4 Å². The highest BCUT2D eigenvalue weighted by molar-refractivity contribution is 5.93. The van der Waals surface area contributed by atoms with Crippen LogP contribution in [-0.4, -0.2) is 30.5 Å². The zero-order valence-corrected chi connectivity index (χ0v) is 12.2. The molecule has 0 saturated carbocycles. The standard InChI is InChI=1S/C16H17N3O3/c1-22-11-15(20)19-14-6-4-12(5-7-14)9-18-16(21)13-3-2-8-17-10-13/h2-8,10H,9,11H2,1H3,(H,18,21)(H,19,20). The van der Waals surface area contributed by atoms with E-state index in [9.17, 15) is 9.59 Å². The molecule has 0 aliphatic rings. The van der Waals surface area contributed by atoms with E-state index in [4.69, 9.17) is 4.74 Å². The lowest BCUT2D eigenvalue weighted by Gasteiger charge is -2.07. The number of carbonyl (C=O) groups excluding carboxylic acids is 2. The second-order valence-corrected chi connectivity index (χ2v) is 4.60. The van der Waals surface area contributed by atoms with Gasteiger partial charge in [-0.05, 0) is 29.8 Å². The zero-order valence-electron chi connectivity index (χ0n) is 12.2. The van der Waals surface area contributed by atoms with Gasteiger partial charge in [-0.15, -0.1) is 0 Å². The monoisotopic (exact) mass is 299 g/mol. The molecule has 2 aromatic rings. The topological polar surface area (TPSA) is 80.3 Å². The third-order valence-corrected chi connectivity index (χ3v) is 2.89. The van der Waals surface area contributed by atoms with Crippen molar-refractivity contribution in [1.82, 2.24) is 10.3 Å². The summed E-state index contributed by atoms with van der Waals surface area (Å²) in [6, 6.07) is 10.7. The van der Waals surface area contributed by atoms with Crippen LogP contribution in [0.2, 0.25) is 0 Å². The van der Waals surface area contributed by atoms with Crippen molar-refractivity contribution in [2.75, 3.05) is 19.0 Å². The van der Waals surface area contributed by atoms with Gasteiger partial charge in [-0.2, -0.15) is 0 Å². The molecule has 0 saturated heterocycles. The summed E-state index contributed by atoms with van der Waals surface area (Å²) < 4.78 is 4.74. The molecule has 2 rings (SSSR count). The average Bonchev–Trinajstić information content (AvgIpc) is 2.55. The van der Waals surface area contributed by atoms with Crippen LogP contribution < -0.4 is 10.6 Å². The number of hydrogen-bond donors (Lipinski definition) is 2. The number of nitrogens with one attached hydrogen (secondary N) is 2. The predicted molar refractivity (Wildman–Crippen MR) is 82.4 cm³/mol. The van der Waals surface area contributed by atoms with Crippen LogP contribution in [0.25, 0.3) is 0 Å². The SMILES string of the molecule is COCC(=O)Nc1ccc(CNC(=O)c2cccnc2)cc1. The number of amides is 2. The third-order valence-electron chi connectivity index (χ3n) is 2.89. The van der Waals surface area contributed by atoms with E-state index in [2.05, 4.69) is 15.6 Å². The van der Waals surface area contributed by atoms with Crippen molar-refractivity contribution >= 4 is 17.5 Å². The van der Waals surface area contributed by atoms with Gasteiger partial charge in [-0.1, -0.05) is 12.1 Å². The molecule has 1 heterocycles. The molecule has 0 spiro atoms. The Hall–Kier alpha value is -2.73. The molecule has 0 aliphatic heterocycles. The van der Waals surface area contributed by atoms with E-state index in [1.165, 1.54) is 13.3 Å². The van der Waals surface area contributed by atoms with Crippen LogP contribution in [0.5, 0.6) is 0 Å². The summed E-state index contributed by atoms with van der Waals surface area (Å²) in [6.07, 6.45) is 3.14. The molecular weight excluding hydrogens is 282 g/mol. The normalized spacial score (nSPS) is 10.0. The first kappa shape index (κ1) is 15.7. The van der Waals surface area contributed by atoms with Crippen molar-refractivity contribution in [2.45, 2.75) is 6.54 Å². The number of methoxy groups -OCH3 is 1. The lowest BCUT2D eigenvalue weighted by atomic mass is 10.2. The number of hydrogen-bond acceptors (Lipinski definition) is 4. The molecule has 0 atom stereocenters. The maximum atomic E-state index is 11.9. The van der Waals surface area contributed by atoms with Crippen LogP contribution in [0, 0.1) is 0 Å². The molecule has 1 aromatic carbocycles. The smallest absolute Gasteiger partial charge is 0.253 e. The van der Waals surface area contributed by atoms with E-state index in [1.54, 1.807) is 30.5 Å². The molecule has 0 bridgehead atoms. The predicted octanol–water partition coefficient (Wildman–Crippen LogP) is 1.60. The zero-order chi connectivity index (χ0) is 15.8. The Morgan fingerprint density at radius 2 is 1.95 bits per heavy atom. The first-order valence-electron chi connectivity index (χ1n) is 6.75. The van der Waals surface area contributed by atoms with Gasteiger partial charge in [-0.25, -0.2) is 0 Å². The number of carbonyl (C=O) groups is 2. The number of aromatic nitrogens is 1. The maximum Gasteiger partial charge on any atom is 0.253 e. The van der Waals surface area contributed by atoms with E-state index in [1.807, 2.05) is 12.1 Å². The van der Waals surface area contributed by atoms with E-state index >= 15 is 0 Å². The lowest BCUT2D eigenvalue weighted by molar-refractivity contribution is -0.119. The second kappa shape index (κ2) is 7.90. The quantitative estimate of drug-likeness (QED) is 0.849. The molecule has 2 N–H and O–H groups in total. The van der Waals surface area contributed by atoms with Gasteiger partial charge in [-0.3, -0.25) is 14.6 Å². The Kier molecular flexibility index (Phi) is 5.62. The summed E-state index contributed by atoms with van der Waals surface area (Å²) in [7, 11) is 1.47. The van der Waals surface area contributed by atoms with Crippen LogP contribution in [0.1, 0.15) is 15.9 Å². The van der Waals surface area contributed by atoms with Crippen LogP contribution in [-0.2, 0) is 16.1 Å². The number of pyridine rings is 1. The Balaban J connectivity index is 1.86. The van der Waals surface area contributed by atoms with E-state index in [0.717, 1.165) is 5.56 Å². The summed E-state index contributed by atoms with van der Waals surface area (Å²) in [6.45, 7) is 0.420. The van der Waals surface area contributed by atoms with Crippen LogP contribution in [0.4, 0.5) is 5.69 Å². The fourth-order valence-electron chi connectivity index (χ4n) is 1.82. The molecule has 22 heavy (non-hydrogen) atoms. The highest BCUT2D eigenvalue weighted by Gasteiger charge is 2.05. The molecule has 0 radical (unpaired) electrons. The van der Waals surface area contributed by atoms with Gasteiger partial charge in [0.05, 0.1) is 5.56 Å². The first-order chi connectivity index (χ1) is 10.7. The van der Waals surface area contributed by atoms with Crippen molar-refractivity contribution < 1.29 is 14.3 Å². The number of ether oxygens (including phenoxy) is 1. The fourth-order valence-corrected chi connectivity index (χ4v) is 1.82.